The first-order valence-corrected chi connectivity index (χ1v) is 7.54. The highest BCUT2D eigenvalue weighted by atomic mass is 19.4. The van der Waals surface area contributed by atoms with Gasteiger partial charge in [0.2, 0.25) is 6.10 Å². The molecule has 0 aliphatic carbocycles. The number of amides is 2. The Balaban J connectivity index is 1.88. The van der Waals surface area contributed by atoms with E-state index in [9.17, 15) is 22.8 Å². The van der Waals surface area contributed by atoms with Crippen LogP contribution in [-0.2, 0) is 9.47 Å². The minimum Gasteiger partial charge on any atom is -0.444 e. The van der Waals surface area contributed by atoms with E-state index in [0.29, 0.717) is 12.8 Å². The smallest absolute Gasteiger partial charge is 0.427 e. The quantitative estimate of drug-likeness (QED) is 0.682. The van der Waals surface area contributed by atoms with Crippen molar-refractivity contribution in [1.29, 1.82) is 0 Å². The zero-order valence-corrected chi connectivity index (χ0v) is 13.1. The van der Waals surface area contributed by atoms with E-state index in [4.69, 9.17) is 4.74 Å². The van der Waals surface area contributed by atoms with Crippen molar-refractivity contribution in [3.05, 3.63) is 0 Å². The maximum Gasteiger partial charge on any atom is 0.427 e. The number of cyclic esters (lactones) is 1. The lowest BCUT2D eigenvalue weighted by atomic mass is 9.98. The molecule has 0 saturated carbocycles. The number of halogens is 3. The predicted molar refractivity (Wildman–Crippen MR) is 71.7 cm³/mol. The van der Waals surface area contributed by atoms with Gasteiger partial charge in [-0.25, -0.2) is 9.59 Å². The Bertz CT molecular complexity index is 531. The number of hydrogen-bond donors (Lipinski definition) is 0. The van der Waals surface area contributed by atoms with Crippen LogP contribution >= 0.6 is 0 Å². The number of nitrogens with zero attached hydrogens (tertiary/aromatic N) is 2. The van der Waals surface area contributed by atoms with Gasteiger partial charge in [0, 0.05) is 6.54 Å². The Kier molecular flexibility index (Phi) is 3.46. The van der Waals surface area contributed by atoms with Crippen LogP contribution in [0.4, 0.5) is 22.8 Å². The van der Waals surface area contributed by atoms with Gasteiger partial charge in [0.15, 0.2) is 0 Å². The van der Waals surface area contributed by atoms with E-state index >= 15 is 0 Å². The predicted octanol–water partition coefficient (Wildman–Crippen LogP) is 2.52. The fourth-order valence-corrected chi connectivity index (χ4v) is 3.65. The van der Waals surface area contributed by atoms with Gasteiger partial charge in [-0.1, -0.05) is 0 Å². The zero-order chi connectivity index (χ0) is 17.2. The third-order valence-electron chi connectivity index (χ3n) is 4.41. The third-order valence-corrected chi connectivity index (χ3v) is 4.41. The Morgan fingerprint density at radius 2 is 1.91 bits per heavy atom. The van der Waals surface area contributed by atoms with E-state index in [0.717, 1.165) is 4.90 Å². The second-order valence-electron chi connectivity index (χ2n) is 7.18. The molecule has 23 heavy (non-hydrogen) atoms. The summed E-state index contributed by atoms with van der Waals surface area (Å²) in [6, 6.07) is -2.26. The van der Waals surface area contributed by atoms with E-state index in [1.807, 2.05) is 0 Å². The van der Waals surface area contributed by atoms with Gasteiger partial charge in [-0.2, -0.15) is 13.2 Å². The summed E-state index contributed by atoms with van der Waals surface area (Å²) in [4.78, 5) is 26.6. The Morgan fingerprint density at radius 1 is 1.26 bits per heavy atom. The molecule has 3 rings (SSSR count). The zero-order valence-electron chi connectivity index (χ0n) is 13.1. The van der Waals surface area contributed by atoms with Crippen molar-refractivity contribution < 1.29 is 32.2 Å². The van der Waals surface area contributed by atoms with Crippen molar-refractivity contribution in [2.75, 3.05) is 6.54 Å². The fraction of sp³-hybridized carbons (Fsp3) is 0.857. The molecule has 6 nitrogen and oxygen atoms in total. The number of ether oxygens (including phenoxy) is 2. The highest BCUT2D eigenvalue weighted by Crippen LogP contribution is 2.44. The fourth-order valence-electron chi connectivity index (χ4n) is 3.65. The van der Waals surface area contributed by atoms with Crippen molar-refractivity contribution in [3.63, 3.8) is 0 Å². The molecule has 3 aliphatic rings. The highest BCUT2D eigenvalue weighted by Gasteiger charge is 2.64. The molecule has 9 heteroatoms. The molecule has 0 aromatic rings. The van der Waals surface area contributed by atoms with Crippen LogP contribution in [0.2, 0.25) is 0 Å². The van der Waals surface area contributed by atoms with E-state index in [1.165, 1.54) is 4.90 Å². The van der Waals surface area contributed by atoms with Gasteiger partial charge < -0.3 is 9.47 Å². The summed E-state index contributed by atoms with van der Waals surface area (Å²) < 4.78 is 49.4. The molecule has 130 valence electrons. The van der Waals surface area contributed by atoms with E-state index < -0.39 is 42.2 Å². The lowest BCUT2D eigenvalue weighted by Crippen LogP contribution is -2.63. The number of hydrogen-bond acceptors (Lipinski definition) is 4. The summed E-state index contributed by atoms with van der Waals surface area (Å²) in [5.74, 6) is 0. The first-order chi connectivity index (χ1) is 10.5. The molecular weight excluding hydrogens is 317 g/mol. The summed E-state index contributed by atoms with van der Waals surface area (Å²) in [7, 11) is 0. The molecule has 0 radical (unpaired) electrons. The monoisotopic (exact) mass is 336 g/mol. The maximum atomic E-state index is 13.2. The van der Waals surface area contributed by atoms with Gasteiger partial charge in [0.1, 0.15) is 11.6 Å². The van der Waals surface area contributed by atoms with Crippen LogP contribution in [0, 0.1) is 0 Å². The molecular formula is C14H19F3N2O4. The summed E-state index contributed by atoms with van der Waals surface area (Å²) in [6.45, 7) is 5.14. The number of carbonyl (C=O) groups is 2. The second kappa shape index (κ2) is 4.91. The third kappa shape index (κ3) is 2.70. The largest absolute Gasteiger partial charge is 0.444 e. The molecule has 0 unspecified atom stereocenters. The molecule has 3 heterocycles. The average Bonchev–Trinajstić information content (AvgIpc) is 2.86. The number of alkyl halides is 3. The Morgan fingerprint density at radius 3 is 2.48 bits per heavy atom. The summed E-state index contributed by atoms with van der Waals surface area (Å²) in [6.07, 6.45) is -7.51. The molecule has 2 amide bonds. The molecule has 0 aromatic carbocycles. The van der Waals surface area contributed by atoms with Gasteiger partial charge in [-0.3, -0.25) is 9.80 Å². The van der Waals surface area contributed by atoms with Gasteiger partial charge in [-0.15, -0.1) is 0 Å². The highest BCUT2D eigenvalue weighted by molar-refractivity contribution is 5.74. The second-order valence-corrected chi connectivity index (χ2v) is 7.18. The maximum absolute atomic E-state index is 13.2. The molecule has 2 bridgehead atoms. The van der Waals surface area contributed by atoms with Crippen LogP contribution in [0.1, 0.15) is 33.6 Å². The average molecular weight is 336 g/mol. The van der Waals surface area contributed by atoms with Gasteiger partial charge in [0.25, 0.3) is 0 Å². The Hall–Kier alpha value is -1.67. The molecule has 0 N–H and O–H groups in total. The standard InChI is InChI=1S/C14H19F3N2O4/c1-13(2,3)23-12(21)19-7-4-5-8(19)9-10(14(15,16)17)22-11(20)18(9)6-7/h7-10H,4-6H2,1-3H3/t7-,8+,9+,10-/m1/s1. The van der Waals surface area contributed by atoms with Crippen LogP contribution in [0.3, 0.4) is 0 Å². The SMILES string of the molecule is CC(C)(C)OC(=O)N1[C@@H]2CC[C@H]1[C@H]1[C@H](C(F)(F)F)OC(=O)N1C2. The Labute approximate surface area is 131 Å². The van der Waals surface area contributed by atoms with Gasteiger partial charge >= 0.3 is 18.4 Å². The lowest BCUT2D eigenvalue weighted by Gasteiger charge is -2.43. The summed E-state index contributed by atoms with van der Waals surface area (Å²) in [5.41, 5.74) is -0.737. The van der Waals surface area contributed by atoms with Crippen molar-refractivity contribution in [1.82, 2.24) is 9.80 Å². The van der Waals surface area contributed by atoms with Crippen molar-refractivity contribution in [2.45, 2.75) is 69.6 Å². The minimum atomic E-state index is -4.66. The molecule has 3 fully saturated rings. The topological polar surface area (TPSA) is 59.1 Å². The number of rotatable bonds is 0. The molecule has 0 spiro atoms. The van der Waals surface area contributed by atoms with E-state index in [1.54, 1.807) is 20.8 Å². The molecule has 0 aromatic heterocycles. The van der Waals surface area contributed by atoms with Crippen molar-refractivity contribution >= 4 is 12.2 Å². The molecule has 3 saturated heterocycles. The normalized spacial score (nSPS) is 33.6. The van der Waals surface area contributed by atoms with Crippen LogP contribution < -0.4 is 0 Å². The lowest BCUT2D eigenvalue weighted by molar-refractivity contribution is -0.206. The molecule has 4 atom stereocenters. The van der Waals surface area contributed by atoms with Crippen molar-refractivity contribution in [3.8, 4) is 0 Å². The van der Waals surface area contributed by atoms with E-state index in [-0.39, 0.29) is 12.6 Å². The number of piperazine rings is 1. The van der Waals surface area contributed by atoms with Crippen LogP contribution in [0.15, 0.2) is 0 Å². The summed E-state index contributed by atoms with van der Waals surface area (Å²) >= 11 is 0. The van der Waals surface area contributed by atoms with Gasteiger partial charge in [0.05, 0.1) is 12.1 Å². The summed E-state index contributed by atoms with van der Waals surface area (Å²) in [5, 5.41) is 0. The first-order valence-electron chi connectivity index (χ1n) is 7.54. The minimum absolute atomic E-state index is 0.0474. The first kappa shape index (κ1) is 16.2. The van der Waals surface area contributed by atoms with Gasteiger partial charge in [-0.05, 0) is 33.6 Å². The van der Waals surface area contributed by atoms with Crippen LogP contribution in [0.5, 0.6) is 0 Å². The number of fused-ring (bicyclic) bond motifs is 4. The van der Waals surface area contributed by atoms with Crippen molar-refractivity contribution in [2.24, 2.45) is 0 Å². The number of carbonyl (C=O) groups excluding carboxylic acids is 2. The van der Waals surface area contributed by atoms with Crippen LogP contribution in [0.25, 0.3) is 0 Å². The van der Waals surface area contributed by atoms with Crippen LogP contribution in [-0.4, -0.2) is 64.5 Å². The van der Waals surface area contributed by atoms with E-state index in [2.05, 4.69) is 4.74 Å². The molecule has 3 aliphatic heterocycles.